The highest BCUT2D eigenvalue weighted by molar-refractivity contribution is 8.13. The molecule has 54 heavy (non-hydrogen) atoms. The van der Waals surface area contributed by atoms with E-state index in [9.17, 15) is 95.9 Å². The van der Waals surface area contributed by atoms with Gasteiger partial charge in [-0.25, -0.2) is 16.8 Å². The molecule has 0 atom stereocenters. The molecular formula is C28H26F18INO4S2. The van der Waals surface area contributed by atoms with Gasteiger partial charge in [-0.05, 0) is 46.2 Å². The summed E-state index contributed by atoms with van der Waals surface area (Å²) in [4.78, 5) is 0. The fraction of sp³-hybridized carbons (Fsp3) is 0.571. The lowest BCUT2D eigenvalue weighted by atomic mass is 9.87. The molecule has 0 N–H and O–H groups in total. The summed E-state index contributed by atoms with van der Waals surface area (Å²) >= 11 is -0.0703. The third-order valence-electron chi connectivity index (χ3n) is 6.71. The minimum absolute atomic E-state index is 0.0703. The summed E-state index contributed by atoms with van der Waals surface area (Å²) in [6.45, 7) is 13.6. The molecule has 0 aliphatic heterocycles. The van der Waals surface area contributed by atoms with Crippen LogP contribution < -0.4 is 21.2 Å². The van der Waals surface area contributed by atoms with Gasteiger partial charge in [-0.15, -0.1) is 0 Å². The van der Waals surface area contributed by atoms with E-state index in [1.807, 2.05) is 0 Å². The molecule has 2 rings (SSSR count). The van der Waals surface area contributed by atoms with Crippen LogP contribution in [0.5, 0.6) is 0 Å². The van der Waals surface area contributed by atoms with Crippen LogP contribution in [0.1, 0.15) is 52.7 Å². The first-order valence-electron chi connectivity index (χ1n) is 13.9. The third kappa shape index (κ3) is 9.48. The van der Waals surface area contributed by atoms with Crippen molar-refractivity contribution in [2.45, 2.75) is 98.9 Å². The van der Waals surface area contributed by atoms with E-state index >= 15 is 0 Å². The van der Waals surface area contributed by atoms with Gasteiger partial charge in [-0.3, -0.25) is 0 Å². The zero-order valence-electron chi connectivity index (χ0n) is 27.7. The van der Waals surface area contributed by atoms with Crippen molar-refractivity contribution in [3.05, 3.63) is 70.9 Å². The lowest BCUT2D eigenvalue weighted by Crippen LogP contribution is -3.61. The Morgan fingerprint density at radius 3 is 0.815 bits per heavy atom. The topological polar surface area (TPSA) is 82.4 Å². The maximum Gasteiger partial charge on any atom is 0.460 e. The molecule has 0 aliphatic rings. The van der Waals surface area contributed by atoms with E-state index < -0.39 is 66.6 Å². The van der Waals surface area contributed by atoms with Crippen LogP contribution in [-0.2, 0) is 30.9 Å². The Bertz CT molecular complexity index is 1700. The van der Waals surface area contributed by atoms with E-state index in [1.54, 1.807) is 0 Å². The molecule has 0 fully saturated rings. The Morgan fingerprint density at radius 2 is 0.630 bits per heavy atom. The summed E-state index contributed by atoms with van der Waals surface area (Å²) in [5.41, 5.74) is 3.31. The van der Waals surface area contributed by atoms with Crippen LogP contribution in [0.2, 0.25) is 0 Å². The molecule has 5 nitrogen and oxygen atoms in total. The van der Waals surface area contributed by atoms with E-state index in [4.69, 9.17) is 0 Å². The van der Waals surface area contributed by atoms with E-state index in [-0.39, 0.29) is 36.2 Å². The minimum Gasteiger partial charge on any atom is -0.425 e. The molecule has 0 spiro atoms. The second-order valence-electron chi connectivity index (χ2n) is 13.0. The smallest absolute Gasteiger partial charge is 0.425 e. The molecular weight excluding hydrogens is 947 g/mol. The van der Waals surface area contributed by atoms with Gasteiger partial charge in [0.05, 0.1) is 0 Å². The van der Waals surface area contributed by atoms with Gasteiger partial charge in [-0.1, -0.05) is 65.8 Å². The number of hydrogen-bond acceptors (Lipinski definition) is 4. The minimum atomic E-state index is -8.81. The lowest BCUT2D eigenvalue weighted by molar-refractivity contribution is -0.597. The van der Waals surface area contributed by atoms with Gasteiger partial charge in [0.25, 0.3) is 0 Å². The van der Waals surface area contributed by atoms with Crippen molar-refractivity contribution in [2.24, 2.45) is 0 Å². The first-order chi connectivity index (χ1) is 23.4. The van der Waals surface area contributed by atoms with E-state index in [0.29, 0.717) is 0 Å². The molecule has 26 heteroatoms. The Labute approximate surface area is 306 Å². The monoisotopic (exact) mass is 973 g/mol. The zero-order chi connectivity index (χ0) is 43.4. The van der Waals surface area contributed by atoms with Crippen LogP contribution in [0.25, 0.3) is 4.13 Å². The second-order valence-corrected chi connectivity index (χ2v) is 19.5. The second kappa shape index (κ2) is 14.9. The summed E-state index contributed by atoms with van der Waals surface area (Å²) < 4.78 is 272. The first-order valence-corrected chi connectivity index (χ1v) is 18.9. The van der Waals surface area contributed by atoms with Crippen LogP contribution in [0.3, 0.4) is 0 Å². The van der Waals surface area contributed by atoms with Crippen molar-refractivity contribution in [1.29, 1.82) is 0 Å². The Hall–Kier alpha value is -2.23. The Balaban J connectivity index is 0.000000591. The van der Waals surface area contributed by atoms with Crippen molar-refractivity contribution in [2.75, 3.05) is 0 Å². The number of benzene rings is 2. The molecule has 0 amide bonds. The molecule has 0 aliphatic carbocycles. The van der Waals surface area contributed by atoms with Crippen molar-refractivity contribution in [1.82, 2.24) is 0 Å². The molecule has 312 valence electrons. The van der Waals surface area contributed by atoms with Crippen LogP contribution in [0, 0.1) is 7.14 Å². The highest BCUT2D eigenvalue weighted by Gasteiger charge is 2.86. The van der Waals surface area contributed by atoms with Gasteiger partial charge >= 0.3 is 67.8 Å². The summed E-state index contributed by atoms with van der Waals surface area (Å²) in [5, 5.41) is -16.4. The summed E-state index contributed by atoms with van der Waals surface area (Å²) in [5.74, 6) is -33.0. The number of sulfonamides is 2. The normalized spacial score (nSPS) is 15.1. The third-order valence-corrected chi connectivity index (χ3v) is 12.8. The van der Waals surface area contributed by atoms with Crippen molar-refractivity contribution >= 4 is 20.0 Å². The molecule has 0 radical (unpaired) electrons. The Kier molecular flexibility index (Phi) is 13.8. The van der Waals surface area contributed by atoms with Crippen LogP contribution in [0.4, 0.5) is 79.0 Å². The van der Waals surface area contributed by atoms with Crippen LogP contribution in [-0.4, -0.2) is 63.4 Å². The van der Waals surface area contributed by atoms with E-state index in [2.05, 4.69) is 90.1 Å². The van der Waals surface area contributed by atoms with Gasteiger partial charge in [0, 0.05) is 0 Å². The average Bonchev–Trinajstić information content (AvgIpc) is 2.95. The standard InChI is InChI=1S/C20H26I.C8F18NO4S2/c1-19(2,3)15-7-11-17(12-8-15)21-18-13-9-16(10-14-18)20(4,5)6;9-1(10,5(17,18)19)3(13,14)7(23,24)32(28,29)27-33(30,31)8(25,26)4(15,16)2(11,12)6(20,21)22/h7-14H,1-6H3;/q+1;-1. The SMILES string of the molecule is CC(C)(C)c1ccc([I+]c2ccc(C(C)(C)C)cc2)cc1.O=S(=O)([N-]S(=O)(=O)C(F)(F)C(F)(F)C(F)(F)C(F)(F)F)C(F)(F)C(F)(F)C(F)(F)C(F)(F)F. The zero-order valence-corrected chi connectivity index (χ0v) is 31.5. The molecule has 0 saturated heterocycles. The molecule has 2 aromatic rings. The highest BCUT2D eigenvalue weighted by atomic mass is 127. The molecule has 2 aromatic carbocycles. The molecule has 0 aromatic heterocycles. The van der Waals surface area contributed by atoms with Gasteiger partial charge in [0.2, 0.25) is 0 Å². The summed E-state index contributed by atoms with van der Waals surface area (Å²) in [6.07, 6.45) is -15.6. The van der Waals surface area contributed by atoms with Gasteiger partial charge in [-0.2, -0.15) is 79.0 Å². The quantitative estimate of drug-likeness (QED) is 0.185. The van der Waals surface area contributed by atoms with Crippen molar-refractivity contribution in [3.8, 4) is 0 Å². The number of rotatable bonds is 10. The van der Waals surface area contributed by atoms with E-state index in [1.165, 1.54) is 18.3 Å². The maximum atomic E-state index is 13.2. The lowest BCUT2D eigenvalue weighted by Gasteiger charge is -2.39. The Morgan fingerprint density at radius 1 is 0.407 bits per heavy atom. The largest absolute Gasteiger partial charge is 0.460 e. The van der Waals surface area contributed by atoms with Gasteiger partial charge in [0.1, 0.15) is 0 Å². The van der Waals surface area contributed by atoms with Crippen molar-refractivity contribution in [3.63, 3.8) is 0 Å². The number of hydrogen-bond donors (Lipinski definition) is 0. The molecule has 0 unspecified atom stereocenters. The van der Waals surface area contributed by atoms with Gasteiger partial charge < -0.3 is 4.13 Å². The summed E-state index contributed by atoms with van der Waals surface area (Å²) in [7, 11) is -17.6. The predicted molar refractivity (Wildman–Crippen MR) is 151 cm³/mol. The molecule has 0 heterocycles. The number of alkyl halides is 18. The maximum absolute atomic E-state index is 13.2. The molecule has 0 saturated carbocycles. The number of halogens is 19. The van der Waals surface area contributed by atoms with Crippen LogP contribution >= 0.6 is 0 Å². The average molecular weight is 974 g/mol. The highest BCUT2D eigenvalue weighted by Crippen LogP contribution is 2.59. The summed E-state index contributed by atoms with van der Waals surface area (Å²) in [6, 6.07) is 18.4. The molecule has 0 bridgehead atoms. The fourth-order valence-corrected chi connectivity index (χ4v) is 8.26. The fourth-order valence-electron chi connectivity index (χ4n) is 3.42. The van der Waals surface area contributed by atoms with Crippen LogP contribution in [0.15, 0.2) is 48.5 Å². The van der Waals surface area contributed by atoms with Gasteiger partial charge in [0.15, 0.2) is 27.2 Å². The van der Waals surface area contributed by atoms with E-state index in [0.717, 1.165) is 0 Å². The van der Waals surface area contributed by atoms with Crippen molar-refractivity contribution < 1.29 is 117 Å². The first kappa shape index (κ1) is 49.8. The number of nitrogens with zero attached hydrogens (tertiary/aromatic N) is 1. The predicted octanol–water partition coefficient (Wildman–Crippen LogP) is 7.28.